The highest BCUT2D eigenvalue weighted by Gasteiger charge is 2.10. The minimum absolute atomic E-state index is 0.306. The van der Waals surface area contributed by atoms with Gasteiger partial charge in [-0.2, -0.15) is 5.10 Å². The van der Waals surface area contributed by atoms with Crippen LogP contribution in [-0.2, 0) is 0 Å². The molecule has 0 unspecified atom stereocenters. The zero-order chi connectivity index (χ0) is 15.4. The van der Waals surface area contributed by atoms with Gasteiger partial charge in [-0.3, -0.25) is 10.4 Å². The van der Waals surface area contributed by atoms with E-state index < -0.39 is 6.09 Å². The van der Waals surface area contributed by atoms with Crippen molar-refractivity contribution in [2.45, 2.75) is 0 Å². The number of rotatable bonds is 3. The number of hydrogen-bond acceptors (Lipinski definition) is 3. The largest absolute Gasteiger partial charge is 0.417 e. The molecule has 0 saturated heterocycles. The zero-order valence-corrected chi connectivity index (χ0v) is 11.4. The molecule has 1 heterocycles. The first kappa shape index (κ1) is 13.8. The number of benzene rings is 2. The summed E-state index contributed by atoms with van der Waals surface area (Å²) in [6.07, 6.45) is 2.20. The predicted molar refractivity (Wildman–Crippen MR) is 80.1 cm³/mol. The van der Waals surface area contributed by atoms with E-state index in [1.54, 1.807) is 30.3 Å². The third-order valence-electron chi connectivity index (χ3n) is 2.98. The van der Waals surface area contributed by atoms with Gasteiger partial charge in [-0.25, -0.2) is 9.18 Å². The van der Waals surface area contributed by atoms with Crippen LogP contribution in [0.15, 0.2) is 60.9 Å². The number of amides is 1. The Morgan fingerprint density at radius 3 is 2.82 bits per heavy atom. The zero-order valence-electron chi connectivity index (χ0n) is 11.4. The average molecular weight is 297 g/mol. The molecule has 110 valence electrons. The van der Waals surface area contributed by atoms with Crippen molar-refractivity contribution in [2.75, 3.05) is 5.32 Å². The topological polar surface area (TPSA) is 67.0 Å². The molecule has 0 aliphatic carbocycles. The van der Waals surface area contributed by atoms with Gasteiger partial charge in [0.15, 0.2) is 5.75 Å². The maximum absolute atomic E-state index is 13.4. The molecule has 0 saturated carbocycles. The summed E-state index contributed by atoms with van der Waals surface area (Å²) in [7, 11) is 0. The Kier molecular flexibility index (Phi) is 3.82. The van der Waals surface area contributed by atoms with Crippen LogP contribution in [0.4, 0.5) is 14.9 Å². The third kappa shape index (κ3) is 3.12. The SMILES string of the molecule is O=C(Nc1ccccc1-c1cccc(F)c1)Oc1cn[nH]c1. The molecule has 0 aliphatic rings. The van der Waals surface area contributed by atoms with E-state index in [1.165, 1.54) is 24.5 Å². The fraction of sp³-hybridized carbons (Fsp3) is 0. The predicted octanol–water partition coefficient (Wildman–Crippen LogP) is 3.83. The lowest BCUT2D eigenvalue weighted by Crippen LogP contribution is -2.17. The number of carbonyl (C=O) groups excluding carboxylic acids is 1. The quantitative estimate of drug-likeness (QED) is 0.772. The van der Waals surface area contributed by atoms with Gasteiger partial charge in [0.1, 0.15) is 5.82 Å². The summed E-state index contributed by atoms with van der Waals surface area (Å²) in [5.74, 6) is -0.0333. The van der Waals surface area contributed by atoms with Gasteiger partial charge in [0, 0.05) is 5.56 Å². The number of carbonyl (C=O) groups is 1. The average Bonchev–Trinajstić information content (AvgIpc) is 3.00. The number of para-hydroxylation sites is 1. The molecule has 6 heteroatoms. The van der Waals surface area contributed by atoms with Crippen LogP contribution in [0.5, 0.6) is 5.75 Å². The number of nitrogens with zero attached hydrogens (tertiary/aromatic N) is 1. The lowest BCUT2D eigenvalue weighted by atomic mass is 10.0. The first-order valence-electron chi connectivity index (χ1n) is 6.55. The van der Waals surface area contributed by atoms with Crippen molar-refractivity contribution >= 4 is 11.8 Å². The van der Waals surface area contributed by atoms with Crippen molar-refractivity contribution in [3.8, 4) is 16.9 Å². The molecule has 2 N–H and O–H groups in total. The molecular formula is C16H12FN3O2. The molecule has 22 heavy (non-hydrogen) atoms. The maximum Gasteiger partial charge on any atom is 0.417 e. The van der Waals surface area contributed by atoms with Crippen LogP contribution in [0.1, 0.15) is 0 Å². The maximum atomic E-state index is 13.4. The Hall–Kier alpha value is -3.15. The van der Waals surface area contributed by atoms with Crippen LogP contribution in [0.3, 0.4) is 0 Å². The summed E-state index contributed by atoms with van der Waals surface area (Å²) in [6.45, 7) is 0. The van der Waals surface area contributed by atoms with Crippen LogP contribution in [0.2, 0.25) is 0 Å². The highest BCUT2D eigenvalue weighted by Crippen LogP contribution is 2.28. The summed E-state index contributed by atoms with van der Waals surface area (Å²) in [5.41, 5.74) is 1.90. The van der Waals surface area contributed by atoms with Crippen molar-refractivity contribution in [1.29, 1.82) is 0 Å². The molecule has 0 aliphatic heterocycles. The first-order valence-corrected chi connectivity index (χ1v) is 6.55. The highest BCUT2D eigenvalue weighted by atomic mass is 19.1. The van der Waals surface area contributed by atoms with E-state index in [0.29, 0.717) is 22.6 Å². The lowest BCUT2D eigenvalue weighted by Gasteiger charge is -2.11. The van der Waals surface area contributed by atoms with E-state index in [0.717, 1.165) is 0 Å². The summed E-state index contributed by atoms with van der Waals surface area (Å²) < 4.78 is 18.4. The number of H-pyrrole nitrogens is 1. The molecule has 0 radical (unpaired) electrons. The van der Waals surface area contributed by atoms with Gasteiger partial charge in [0.05, 0.1) is 18.1 Å². The second-order valence-corrected chi connectivity index (χ2v) is 4.50. The van der Waals surface area contributed by atoms with Crippen LogP contribution < -0.4 is 10.1 Å². The molecule has 0 fully saturated rings. The van der Waals surface area contributed by atoms with E-state index in [9.17, 15) is 9.18 Å². The van der Waals surface area contributed by atoms with E-state index in [-0.39, 0.29) is 5.82 Å². The Labute approximate surface area is 125 Å². The van der Waals surface area contributed by atoms with Crippen LogP contribution >= 0.6 is 0 Å². The smallest absolute Gasteiger partial charge is 0.407 e. The van der Waals surface area contributed by atoms with Crippen molar-refractivity contribution in [2.24, 2.45) is 0 Å². The molecule has 3 aromatic rings. The summed E-state index contributed by atoms with van der Waals surface area (Å²) in [6, 6.07) is 13.3. The van der Waals surface area contributed by atoms with Gasteiger partial charge in [-0.15, -0.1) is 0 Å². The van der Waals surface area contributed by atoms with Gasteiger partial charge in [0.25, 0.3) is 0 Å². The van der Waals surface area contributed by atoms with E-state index in [4.69, 9.17) is 4.74 Å². The minimum Gasteiger partial charge on any atom is -0.407 e. The van der Waals surface area contributed by atoms with E-state index >= 15 is 0 Å². The van der Waals surface area contributed by atoms with Crippen LogP contribution in [-0.4, -0.2) is 16.3 Å². The Morgan fingerprint density at radius 2 is 2.05 bits per heavy atom. The molecule has 0 atom stereocenters. The third-order valence-corrected chi connectivity index (χ3v) is 2.98. The molecule has 0 spiro atoms. The van der Waals surface area contributed by atoms with Crippen molar-refractivity contribution < 1.29 is 13.9 Å². The number of halogens is 1. The van der Waals surface area contributed by atoms with E-state index in [1.807, 2.05) is 6.07 Å². The number of anilines is 1. The summed E-state index contributed by atoms with van der Waals surface area (Å²) in [4.78, 5) is 11.9. The number of aromatic amines is 1. The highest BCUT2D eigenvalue weighted by molar-refractivity contribution is 5.92. The second-order valence-electron chi connectivity index (χ2n) is 4.50. The molecule has 2 aromatic carbocycles. The standard InChI is InChI=1S/C16H12FN3O2/c17-12-5-3-4-11(8-12)14-6-1-2-7-15(14)20-16(21)22-13-9-18-19-10-13/h1-10H,(H,18,19)(H,20,21). The van der Waals surface area contributed by atoms with Gasteiger partial charge < -0.3 is 4.74 Å². The van der Waals surface area contributed by atoms with Crippen molar-refractivity contribution in [3.63, 3.8) is 0 Å². The Bertz CT molecular complexity index is 788. The number of hydrogen-bond donors (Lipinski definition) is 2. The number of ether oxygens (including phenoxy) is 1. The molecule has 1 amide bonds. The fourth-order valence-corrected chi connectivity index (χ4v) is 2.04. The molecule has 3 rings (SSSR count). The van der Waals surface area contributed by atoms with E-state index in [2.05, 4.69) is 15.5 Å². The molecule has 5 nitrogen and oxygen atoms in total. The van der Waals surface area contributed by atoms with Crippen molar-refractivity contribution in [1.82, 2.24) is 10.2 Å². The Balaban J connectivity index is 1.84. The first-order chi connectivity index (χ1) is 10.7. The molecule has 0 bridgehead atoms. The normalized spacial score (nSPS) is 10.2. The minimum atomic E-state index is -0.648. The van der Waals surface area contributed by atoms with Gasteiger partial charge in [0.2, 0.25) is 0 Å². The monoisotopic (exact) mass is 297 g/mol. The number of aromatic nitrogens is 2. The summed E-state index contributed by atoms with van der Waals surface area (Å²) in [5, 5.41) is 8.87. The van der Waals surface area contributed by atoms with Crippen molar-refractivity contribution in [3.05, 3.63) is 66.7 Å². The Morgan fingerprint density at radius 1 is 1.18 bits per heavy atom. The van der Waals surface area contributed by atoms with Crippen LogP contribution in [0.25, 0.3) is 11.1 Å². The molecular weight excluding hydrogens is 285 g/mol. The number of nitrogens with one attached hydrogen (secondary N) is 2. The van der Waals surface area contributed by atoms with Crippen LogP contribution in [0, 0.1) is 5.82 Å². The second kappa shape index (κ2) is 6.09. The summed E-state index contributed by atoms with van der Waals surface area (Å²) >= 11 is 0. The van der Waals surface area contributed by atoms with Gasteiger partial charge in [-0.05, 0) is 23.8 Å². The van der Waals surface area contributed by atoms with Gasteiger partial charge in [-0.1, -0.05) is 30.3 Å². The lowest BCUT2D eigenvalue weighted by molar-refractivity contribution is 0.215. The van der Waals surface area contributed by atoms with Gasteiger partial charge >= 0.3 is 6.09 Å². The fourth-order valence-electron chi connectivity index (χ4n) is 2.04. The molecule has 1 aromatic heterocycles.